The van der Waals surface area contributed by atoms with Gasteiger partial charge in [-0.25, -0.2) is 0 Å². The standard InChI is InChI=1S/C10H13NOS.C5H5NS/c1-8-4-2-3-5-9(8)6-13-7-10(11)12;6-4-5-2-1-3-7-5/h2-5H,6-7H2,1H3,(H2,11,12);1-4,6H. The number of thioether (sulfide) groups is 1. The van der Waals surface area contributed by atoms with Gasteiger partial charge in [-0.1, -0.05) is 30.3 Å². The molecule has 0 aliphatic carbocycles. The van der Waals surface area contributed by atoms with Gasteiger partial charge >= 0.3 is 0 Å². The first kappa shape index (κ1) is 16.5. The molecule has 0 saturated heterocycles. The molecule has 0 fully saturated rings. The van der Waals surface area contributed by atoms with Crippen molar-refractivity contribution in [1.82, 2.24) is 0 Å². The molecule has 0 saturated carbocycles. The average molecular weight is 306 g/mol. The monoisotopic (exact) mass is 306 g/mol. The Hall–Kier alpha value is -1.59. The van der Waals surface area contributed by atoms with Crippen molar-refractivity contribution in [3.8, 4) is 0 Å². The first-order chi connectivity index (χ1) is 9.63. The Labute approximate surface area is 127 Å². The lowest BCUT2D eigenvalue weighted by Gasteiger charge is -2.03. The van der Waals surface area contributed by atoms with Crippen LogP contribution in [-0.2, 0) is 10.5 Å². The normalized spacial score (nSPS) is 9.45. The van der Waals surface area contributed by atoms with Crippen LogP contribution in [0.5, 0.6) is 0 Å². The van der Waals surface area contributed by atoms with E-state index in [0.717, 1.165) is 10.6 Å². The van der Waals surface area contributed by atoms with Gasteiger partial charge in [-0.3, -0.25) is 4.79 Å². The second kappa shape index (κ2) is 9.34. The molecule has 106 valence electrons. The zero-order valence-electron chi connectivity index (χ0n) is 11.3. The number of amides is 1. The minimum atomic E-state index is -0.251. The van der Waals surface area contributed by atoms with Crippen molar-refractivity contribution in [3.05, 3.63) is 57.8 Å². The summed E-state index contributed by atoms with van der Waals surface area (Å²) in [5.74, 6) is 1.00. The maximum absolute atomic E-state index is 10.5. The van der Waals surface area contributed by atoms with Crippen LogP contribution in [-0.4, -0.2) is 17.9 Å². The third kappa shape index (κ3) is 6.54. The molecule has 3 nitrogen and oxygen atoms in total. The fourth-order valence-corrected chi connectivity index (χ4v) is 2.79. The molecule has 0 unspecified atom stereocenters. The van der Waals surface area contributed by atoms with Crippen molar-refractivity contribution in [3.63, 3.8) is 0 Å². The molecule has 2 aromatic rings. The molecular weight excluding hydrogens is 288 g/mol. The number of carbonyl (C=O) groups excluding carboxylic acids is 1. The lowest BCUT2D eigenvalue weighted by atomic mass is 10.1. The predicted molar refractivity (Wildman–Crippen MR) is 88.7 cm³/mol. The Bertz CT molecular complexity index is 539. The third-order valence-electron chi connectivity index (χ3n) is 2.45. The predicted octanol–water partition coefficient (Wildman–Crippen LogP) is 3.46. The number of primary amides is 1. The molecule has 0 bridgehead atoms. The summed E-state index contributed by atoms with van der Waals surface area (Å²) in [5.41, 5.74) is 7.57. The highest BCUT2D eigenvalue weighted by Crippen LogP contribution is 2.15. The van der Waals surface area contributed by atoms with Gasteiger partial charge < -0.3 is 11.1 Å². The van der Waals surface area contributed by atoms with E-state index in [1.807, 2.05) is 29.6 Å². The van der Waals surface area contributed by atoms with Gasteiger partial charge in [-0.15, -0.1) is 23.1 Å². The zero-order valence-corrected chi connectivity index (χ0v) is 13.0. The van der Waals surface area contributed by atoms with E-state index in [2.05, 4.69) is 19.1 Å². The van der Waals surface area contributed by atoms with Gasteiger partial charge in [0.2, 0.25) is 5.91 Å². The fraction of sp³-hybridized carbons (Fsp3) is 0.200. The molecule has 20 heavy (non-hydrogen) atoms. The summed E-state index contributed by atoms with van der Waals surface area (Å²) in [6.07, 6.45) is 1.35. The second-order valence-electron chi connectivity index (χ2n) is 4.05. The number of thiophene rings is 1. The van der Waals surface area contributed by atoms with Crippen LogP contribution >= 0.6 is 23.1 Å². The van der Waals surface area contributed by atoms with Crippen LogP contribution in [0.1, 0.15) is 16.0 Å². The highest BCUT2D eigenvalue weighted by Gasteiger charge is 1.98. The van der Waals surface area contributed by atoms with Gasteiger partial charge in [0.05, 0.1) is 5.75 Å². The Morgan fingerprint density at radius 2 is 2.10 bits per heavy atom. The maximum Gasteiger partial charge on any atom is 0.227 e. The van der Waals surface area contributed by atoms with Gasteiger partial charge in [0, 0.05) is 16.8 Å². The van der Waals surface area contributed by atoms with Crippen molar-refractivity contribution in [2.24, 2.45) is 5.73 Å². The number of benzene rings is 1. The smallest absolute Gasteiger partial charge is 0.227 e. The quantitative estimate of drug-likeness (QED) is 0.831. The molecule has 5 heteroatoms. The number of aryl methyl sites for hydroxylation is 1. The highest BCUT2D eigenvalue weighted by atomic mass is 32.2. The Kier molecular flexibility index (Phi) is 7.69. The van der Waals surface area contributed by atoms with Crippen molar-refractivity contribution < 1.29 is 4.79 Å². The Morgan fingerprint density at radius 3 is 2.60 bits per heavy atom. The van der Waals surface area contributed by atoms with Crippen molar-refractivity contribution in [1.29, 1.82) is 5.41 Å². The van der Waals surface area contributed by atoms with E-state index in [-0.39, 0.29) is 5.91 Å². The first-order valence-corrected chi connectivity index (χ1v) is 8.11. The second-order valence-corrected chi connectivity index (χ2v) is 6.01. The van der Waals surface area contributed by atoms with E-state index in [4.69, 9.17) is 11.1 Å². The van der Waals surface area contributed by atoms with Gasteiger partial charge in [0.25, 0.3) is 0 Å². The molecule has 1 amide bonds. The van der Waals surface area contributed by atoms with Crippen LogP contribution < -0.4 is 5.73 Å². The molecule has 0 atom stereocenters. The number of rotatable bonds is 5. The molecular formula is C15H18N2OS2. The summed E-state index contributed by atoms with van der Waals surface area (Å²) < 4.78 is 0. The number of nitrogens with one attached hydrogen (secondary N) is 1. The van der Waals surface area contributed by atoms with Crippen LogP contribution in [0.25, 0.3) is 0 Å². The summed E-state index contributed by atoms with van der Waals surface area (Å²) in [7, 11) is 0. The summed E-state index contributed by atoms with van der Waals surface area (Å²) in [6.45, 7) is 2.07. The molecule has 0 aliphatic rings. The molecule has 1 aromatic carbocycles. The van der Waals surface area contributed by atoms with Gasteiger partial charge in [0.1, 0.15) is 0 Å². The minimum absolute atomic E-state index is 0.251. The SMILES string of the molecule is Cc1ccccc1CSCC(N)=O.N=Cc1cccs1. The Balaban J connectivity index is 0.000000240. The molecule has 2 rings (SSSR count). The molecule has 1 heterocycles. The Morgan fingerprint density at radius 1 is 1.35 bits per heavy atom. The summed E-state index contributed by atoms with van der Waals surface area (Å²) in [6, 6.07) is 12.0. The fourth-order valence-electron chi connectivity index (χ4n) is 1.41. The van der Waals surface area contributed by atoms with E-state index < -0.39 is 0 Å². The minimum Gasteiger partial charge on any atom is -0.369 e. The van der Waals surface area contributed by atoms with Crippen LogP contribution in [0.3, 0.4) is 0 Å². The van der Waals surface area contributed by atoms with E-state index in [1.54, 1.807) is 23.1 Å². The average Bonchev–Trinajstić information content (AvgIpc) is 2.94. The number of nitrogens with two attached hydrogens (primary N) is 1. The number of carbonyl (C=O) groups is 1. The molecule has 3 N–H and O–H groups in total. The molecule has 1 aromatic heterocycles. The molecule has 0 aliphatic heterocycles. The summed E-state index contributed by atoms with van der Waals surface area (Å²) in [4.78, 5) is 11.5. The van der Waals surface area contributed by atoms with E-state index >= 15 is 0 Å². The van der Waals surface area contributed by atoms with Crippen molar-refractivity contribution >= 4 is 35.2 Å². The maximum atomic E-state index is 10.5. The van der Waals surface area contributed by atoms with Gasteiger partial charge in [0.15, 0.2) is 0 Å². The highest BCUT2D eigenvalue weighted by molar-refractivity contribution is 7.99. The summed E-state index contributed by atoms with van der Waals surface area (Å²) in [5, 5.41) is 8.70. The third-order valence-corrected chi connectivity index (χ3v) is 4.27. The zero-order chi connectivity index (χ0) is 14.8. The molecule has 0 spiro atoms. The molecule has 0 radical (unpaired) electrons. The van der Waals surface area contributed by atoms with E-state index in [9.17, 15) is 4.79 Å². The lowest BCUT2D eigenvalue weighted by Crippen LogP contribution is -2.13. The van der Waals surface area contributed by atoms with Gasteiger partial charge in [-0.05, 0) is 29.5 Å². The van der Waals surface area contributed by atoms with E-state index in [0.29, 0.717) is 5.75 Å². The largest absolute Gasteiger partial charge is 0.369 e. The topological polar surface area (TPSA) is 66.9 Å². The van der Waals surface area contributed by atoms with Crippen LogP contribution in [0.4, 0.5) is 0 Å². The van der Waals surface area contributed by atoms with Crippen LogP contribution in [0.2, 0.25) is 0 Å². The first-order valence-electron chi connectivity index (χ1n) is 6.08. The van der Waals surface area contributed by atoms with Crippen molar-refractivity contribution in [2.75, 3.05) is 5.75 Å². The van der Waals surface area contributed by atoms with Gasteiger partial charge in [-0.2, -0.15) is 0 Å². The van der Waals surface area contributed by atoms with Crippen LogP contribution in [0.15, 0.2) is 41.8 Å². The van der Waals surface area contributed by atoms with Crippen molar-refractivity contribution in [2.45, 2.75) is 12.7 Å². The number of hydrogen-bond donors (Lipinski definition) is 2. The van der Waals surface area contributed by atoms with Crippen LogP contribution in [0, 0.1) is 12.3 Å². The lowest BCUT2D eigenvalue weighted by molar-refractivity contribution is -0.115. The summed E-state index contributed by atoms with van der Waals surface area (Å²) >= 11 is 3.13. The number of hydrogen-bond acceptors (Lipinski definition) is 4. The van der Waals surface area contributed by atoms with E-state index in [1.165, 1.54) is 17.3 Å².